The quantitative estimate of drug-likeness (QED) is 0.0169. The van der Waals surface area contributed by atoms with E-state index in [4.69, 9.17) is 19.5 Å². The maximum absolute atomic E-state index is 12.8. The first-order chi connectivity index (χ1) is 39.6. The van der Waals surface area contributed by atoms with Gasteiger partial charge in [-0.3, -0.25) is 32.5 Å². The Morgan fingerprint density at radius 3 is 1.83 bits per heavy atom. The molecule has 0 radical (unpaired) electrons. The summed E-state index contributed by atoms with van der Waals surface area (Å²) in [5.74, 6) is -1.03. The standard InChI is InChI=1S/C55H92N7O17P3S/c1-4-5-6-7-8-9-10-11-12-13-14-15-16-17-18-19-20-21-22-23-24-25-26-27-28-29-30-31-32-33-34-35-46(64)83-39-38-57-45(63)36-37-58-53(67)50(66)55(2,3)41-76-82(73,74)79-81(71,72)75-40-44-49(78-80(68,69)70)48(65)54(77-44)62-43-61-47-51(56)59-42-60-52(47)62/h8-9,11-12,14-15,17-18,20-21,42-44,48-50,54,65-66H,4-7,10,13,16,19,22-41H2,1-3H3,(H,57,63)(H,58,67)(H,71,72)(H,73,74)(H2,56,59,60)(H2,68,69,70)/b9-8-,12-11-,15-14-,18-17-,21-20-/t44-,48-,49-,50+,54-/m1/s1. The van der Waals surface area contributed by atoms with E-state index in [1.54, 1.807) is 0 Å². The second-order valence-corrected chi connectivity index (χ2v) is 26.3. The van der Waals surface area contributed by atoms with Crippen LogP contribution in [0.25, 0.3) is 11.2 Å². The van der Waals surface area contributed by atoms with Crippen LogP contribution in [-0.4, -0.2) is 123 Å². The fraction of sp³-hybridized carbons (Fsp3) is 0.673. The number of anilines is 1. The van der Waals surface area contributed by atoms with Crippen LogP contribution in [0.15, 0.2) is 73.4 Å². The van der Waals surface area contributed by atoms with Gasteiger partial charge in [-0.15, -0.1) is 0 Å². The number of rotatable bonds is 46. The van der Waals surface area contributed by atoms with Crippen molar-refractivity contribution in [3.05, 3.63) is 73.4 Å². The van der Waals surface area contributed by atoms with E-state index in [2.05, 4.69) is 102 Å². The van der Waals surface area contributed by atoms with Gasteiger partial charge in [0.25, 0.3) is 0 Å². The highest BCUT2D eigenvalue weighted by molar-refractivity contribution is 8.13. The molecule has 24 nitrogen and oxygen atoms in total. The number of nitrogen functional groups attached to an aromatic ring is 1. The summed E-state index contributed by atoms with van der Waals surface area (Å²) in [6, 6.07) is 0. The predicted molar refractivity (Wildman–Crippen MR) is 320 cm³/mol. The Labute approximate surface area is 493 Å². The van der Waals surface area contributed by atoms with E-state index >= 15 is 0 Å². The number of aliphatic hydroxyl groups excluding tert-OH is 2. The summed E-state index contributed by atoms with van der Waals surface area (Å²) >= 11 is 1.16. The van der Waals surface area contributed by atoms with Gasteiger partial charge >= 0.3 is 23.5 Å². The number of fused-ring (bicyclic) bond motifs is 1. The Bertz CT molecular complexity index is 2530. The first-order valence-electron chi connectivity index (χ1n) is 28.9. The highest BCUT2D eigenvalue weighted by atomic mass is 32.2. The third kappa shape index (κ3) is 32.0. The zero-order chi connectivity index (χ0) is 61.0. The molecule has 0 aliphatic carbocycles. The number of phosphoric ester groups is 3. The Morgan fingerprint density at radius 2 is 1.27 bits per heavy atom. The van der Waals surface area contributed by atoms with Gasteiger partial charge in [0.05, 0.1) is 19.5 Å². The Balaban J connectivity index is 1.15. The highest BCUT2D eigenvalue weighted by Crippen LogP contribution is 2.61. The average molecular weight is 1250 g/mol. The van der Waals surface area contributed by atoms with Crippen LogP contribution >= 0.6 is 35.2 Å². The van der Waals surface area contributed by atoms with Crippen LogP contribution < -0.4 is 16.4 Å². The van der Waals surface area contributed by atoms with Gasteiger partial charge in [-0.2, -0.15) is 4.31 Å². The van der Waals surface area contributed by atoms with E-state index < -0.39 is 84.6 Å². The third-order valence-corrected chi connectivity index (χ3v) is 17.2. The molecule has 3 heterocycles. The average Bonchev–Trinajstić information content (AvgIpc) is 2.22. The molecule has 7 atom stereocenters. The number of phosphoric acid groups is 3. The van der Waals surface area contributed by atoms with Gasteiger partial charge in [-0.05, 0) is 57.8 Å². The molecule has 0 spiro atoms. The van der Waals surface area contributed by atoms with Gasteiger partial charge in [-0.25, -0.2) is 28.6 Å². The molecule has 3 rings (SSSR count). The number of hydrogen-bond acceptors (Lipinski definition) is 18. The first kappa shape index (κ1) is 73.5. The van der Waals surface area contributed by atoms with Crippen LogP contribution in [0.3, 0.4) is 0 Å². The second-order valence-electron chi connectivity index (χ2n) is 20.9. The number of aromatic nitrogens is 4. The summed E-state index contributed by atoms with van der Waals surface area (Å²) in [5, 5.41) is 26.8. The lowest BCUT2D eigenvalue weighted by Crippen LogP contribution is -2.46. The fourth-order valence-electron chi connectivity index (χ4n) is 8.50. The number of nitrogens with two attached hydrogens (primary N) is 1. The number of allylic oxidation sites excluding steroid dienone is 10. The smallest absolute Gasteiger partial charge is 0.386 e. The summed E-state index contributed by atoms with van der Waals surface area (Å²) < 4.78 is 62.6. The van der Waals surface area contributed by atoms with E-state index in [1.807, 2.05) is 0 Å². The van der Waals surface area contributed by atoms with Crippen molar-refractivity contribution in [3.8, 4) is 0 Å². The summed E-state index contributed by atoms with van der Waals surface area (Å²) in [6.07, 6.45) is 40.7. The van der Waals surface area contributed by atoms with Crippen LogP contribution in [0, 0.1) is 5.41 Å². The topological polar surface area (TPSA) is 364 Å². The van der Waals surface area contributed by atoms with Crippen LogP contribution in [0.4, 0.5) is 5.82 Å². The van der Waals surface area contributed by atoms with E-state index in [0.29, 0.717) is 12.2 Å². The highest BCUT2D eigenvalue weighted by Gasteiger charge is 2.50. The van der Waals surface area contributed by atoms with Crippen LogP contribution in [0.2, 0.25) is 0 Å². The Hall–Kier alpha value is -3.74. The normalized spacial score (nSPS) is 19.0. The van der Waals surface area contributed by atoms with Crippen LogP contribution in [-0.2, 0) is 50.7 Å². The molecule has 1 fully saturated rings. The lowest BCUT2D eigenvalue weighted by atomic mass is 9.87. The van der Waals surface area contributed by atoms with Gasteiger partial charge in [0.15, 0.2) is 22.8 Å². The predicted octanol–water partition coefficient (Wildman–Crippen LogP) is 10.0. The number of carbonyl (C=O) groups is 3. The molecular weight excluding hydrogens is 1160 g/mol. The molecule has 2 amide bonds. The van der Waals surface area contributed by atoms with Gasteiger partial charge < -0.3 is 50.9 Å². The number of nitrogens with zero attached hydrogens (tertiary/aromatic N) is 4. The molecule has 1 saturated heterocycles. The fourth-order valence-corrected chi connectivity index (χ4v) is 12.0. The molecule has 0 saturated carbocycles. The summed E-state index contributed by atoms with van der Waals surface area (Å²) in [5.41, 5.74) is 4.29. The molecule has 83 heavy (non-hydrogen) atoms. The van der Waals surface area contributed by atoms with Crippen molar-refractivity contribution in [1.29, 1.82) is 0 Å². The van der Waals surface area contributed by atoms with E-state index in [-0.39, 0.29) is 41.6 Å². The molecule has 28 heteroatoms. The van der Waals surface area contributed by atoms with E-state index in [1.165, 1.54) is 97.3 Å². The minimum Gasteiger partial charge on any atom is -0.386 e. The van der Waals surface area contributed by atoms with Crippen molar-refractivity contribution in [1.82, 2.24) is 30.2 Å². The van der Waals surface area contributed by atoms with Crippen molar-refractivity contribution in [2.24, 2.45) is 5.41 Å². The van der Waals surface area contributed by atoms with Crippen molar-refractivity contribution in [3.63, 3.8) is 0 Å². The summed E-state index contributed by atoms with van der Waals surface area (Å²) in [7, 11) is -16.4. The number of unbranched alkanes of at least 4 members (excludes halogenated alkanes) is 15. The molecule has 470 valence electrons. The third-order valence-electron chi connectivity index (χ3n) is 13.2. The van der Waals surface area contributed by atoms with Crippen molar-refractivity contribution in [2.75, 3.05) is 37.8 Å². The van der Waals surface area contributed by atoms with Gasteiger partial charge in [0.1, 0.15) is 36.3 Å². The van der Waals surface area contributed by atoms with Gasteiger partial charge in [-0.1, -0.05) is 170 Å². The number of ether oxygens (including phenoxy) is 1. The SMILES string of the molecule is CCCCC/C=C\C/C=C\C/C=C\C/C=C\C/C=C\CCCCCCCCCCCCCCC(=O)SCCNC(=O)CCNC(=O)[C@H](O)C(C)(C)COP(=O)(O)OP(=O)(O)OC[C@H]1O[C@@H](n2cnc3c(N)ncnc32)[C@H](O)[C@@H]1OP(=O)(O)O. The zero-order valence-corrected chi connectivity index (χ0v) is 51.9. The van der Waals surface area contributed by atoms with Crippen LogP contribution in [0.1, 0.15) is 175 Å². The Morgan fingerprint density at radius 1 is 0.735 bits per heavy atom. The lowest BCUT2D eigenvalue weighted by molar-refractivity contribution is -0.137. The largest absolute Gasteiger partial charge is 0.481 e. The number of thioether (sulfide) groups is 1. The number of hydrogen-bond donors (Lipinski definition) is 9. The molecule has 2 aromatic heterocycles. The lowest BCUT2D eigenvalue weighted by Gasteiger charge is -2.30. The Kier molecular flexibility index (Phi) is 36.0. The van der Waals surface area contributed by atoms with Gasteiger partial charge in [0.2, 0.25) is 11.8 Å². The first-order valence-corrected chi connectivity index (χ1v) is 34.4. The zero-order valence-electron chi connectivity index (χ0n) is 48.4. The number of imidazole rings is 1. The maximum atomic E-state index is 12.8. The molecular formula is C55H92N7O17P3S. The molecule has 1 aliphatic rings. The van der Waals surface area contributed by atoms with Crippen molar-refractivity contribution in [2.45, 2.75) is 199 Å². The number of aliphatic hydroxyl groups is 2. The van der Waals surface area contributed by atoms with Crippen LogP contribution in [0.5, 0.6) is 0 Å². The second kappa shape index (κ2) is 40.6. The van der Waals surface area contributed by atoms with E-state index in [9.17, 15) is 57.9 Å². The van der Waals surface area contributed by atoms with Gasteiger partial charge in [0, 0.05) is 37.1 Å². The molecule has 10 N–H and O–H groups in total. The summed E-state index contributed by atoms with van der Waals surface area (Å²) in [4.78, 5) is 88.8. The number of carbonyl (C=O) groups excluding carboxylic acids is 3. The monoisotopic (exact) mass is 1250 g/mol. The van der Waals surface area contributed by atoms with Crippen molar-refractivity contribution >= 4 is 69.1 Å². The molecule has 2 unspecified atom stereocenters. The van der Waals surface area contributed by atoms with Crippen molar-refractivity contribution < 1.29 is 80.5 Å². The summed E-state index contributed by atoms with van der Waals surface area (Å²) in [6.45, 7) is 2.80. The minimum absolute atomic E-state index is 0.0328. The number of nitrogens with one attached hydrogen (secondary N) is 2. The minimum atomic E-state index is -5.58. The number of amides is 2. The van der Waals surface area contributed by atoms with E-state index in [0.717, 1.165) is 80.4 Å². The molecule has 2 aromatic rings. The molecule has 1 aliphatic heterocycles. The molecule has 0 bridgehead atoms. The maximum Gasteiger partial charge on any atom is 0.481 e. The molecule has 0 aromatic carbocycles.